The third-order valence-corrected chi connectivity index (χ3v) is 3.55. The highest BCUT2D eigenvalue weighted by atomic mass is 35.5. The summed E-state index contributed by atoms with van der Waals surface area (Å²) in [6, 6.07) is 10.1. The number of hydrogen-bond donors (Lipinski definition) is 1. The highest BCUT2D eigenvalue weighted by Gasteiger charge is 2.03. The molecule has 2 aromatic rings. The van der Waals surface area contributed by atoms with E-state index in [1.165, 1.54) is 21.2 Å². The van der Waals surface area contributed by atoms with Crippen LogP contribution in [0.5, 0.6) is 0 Å². The molecular formula is C12H12ClNS. The molecule has 1 aromatic heterocycles. The standard InChI is InChI=1S/C12H12ClNS/c1-8-7-12(9(2)14-8)15-11-5-3-10(13)4-6-11/h3-7,14H,1-2H3. The fourth-order valence-corrected chi connectivity index (χ4v) is 2.53. The molecule has 2 rings (SSSR count). The van der Waals surface area contributed by atoms with Gasteiger partial charge in [-0.2, -0.15) is 0 Å². The largest absolute Gasteiger partial charge is 0.362 e. The third kappa shape index (κ3) is 2.58. The first-order valence-electron chi connectivity index (χ1n) is 4.75. The molecule has 0 unspecified atom stereocenters. The van der Waals surface area contributed by atoms with Gasteiger partial charge in [0.05, 0.1) is 0 Å². The van der Waals surface area contributed by atoms with Gasteiger partial charge in [-0.1, -0.05) is 23.4 Å². The average Bonchev–Trinajstić information content (AvgIpc) is 2.49. The van der Waals surface area contributed by atoms with E-state index in [9.17, 15) is 0 Å². The van der Waals surface area contributed by atoms with Gasteiger partial charge in [0, 0.05) is 26.2 Å². The van der Waals surface area contributed by atoms with Crippen molar-refractivity contribution in [2.24, 2.45) is 0 Å². The third-order valence-electron chi connectivity index (χ3n) is 2.14. The average molecular weight is 238 g/mol. The van der Waals surface area contributed by atoms with Crippen molar-refractivity contribution < 1.29 is 0 Å². The Balaban J connectivity index is 2.21. The van der Waals surface area contributed by atoms with Crippen LogP contribution in [-0.2, 0) is 0 Å². The minimum absolute atomic E-state index is 0.779. The molecule has 0 radical (unpaired) electrons. The van der Waals surface area contributed by atoms with Gasteiger partial charge in [-0.25, -0.2) is 0 Å². The Hall–Kier alpha value is -0.860. The SMILES string of the molecule is Cc1cc(Sc2ccc(Cl)cc2)c(C)[nH]1. The van der Waals surface area contributed by atoms with Crippen molar-refractivity contribution in [3.05, 3.63) is 46.7 Å². The monoisotopic (exact) mass is 237 g/mol. The molecule has 3 heteroatoms. The van der Waals surface area contributed by atoms with Gasteiger partial charge < -0.3 is 4.98 Å². The first-order valence-corrected chi connectivity index (χ1v) is 5.94. The van der Waals surface area contributed by atoms with Gasteiger partial charge >= 0.3 is 0 Å². The fourth-order valence-electron chi connectivity index (χ4n) is 1.43. The lowest BCUT2D eigenvalue weighted by molar-refractivity contribution is 1.16. The number of aromatic amines is 1. The van der Waals surface area contributed by atoms with E-state index in [1.54, 1.807) is 11.8 Å². The molecule has 0 aliphatic rings. The molecule has 0 saturated carbocycles. The first kappa shape index (κ1) is 10.7. The number of rotatable bonds is 2. The smallest absolute Gasteiger partial charge is 0.0406 e. The molecule has 1 nitrogen and oxygen atoms in total. The van der Waals surface area contributed by atoms with Gasteiger partial charge in [-0.15, -0.1) is 0 Å². The van der Waals surface area contributed by atoms with Crippen molar-refractivity contribution in [2.75, 3.05) is 0 Å². The second kappa shape index (κ2) is 4.33. The van der Waals surface area contributed by atoms with Crippen LogP contribution in [-0.4, -0.2) is 4.98 Å². The van der Waals surface area contributed by atoms with E-state index in [0.29, 0.717) is 0 Å². The Morgan fingerprint density at radius 1 is 1.13 bits per heavy atom. The fraction of sp³-hybridized carbons (Fsp3) is 0.167. The van der Waals surface area contributed by atoms with Crippen LogP contribution >= 0.6 is 23.4 Å². The highest BCUT2D eigenvalue weighted by molar-refractivity contribution is 7.99. The van der Waals surface area contributed by atoms with E-state index in [1.807, 2.05) is 24.3 Å². The molecule has 0 aliphatic carbocycles. The predicted octanol–water partition coefficient (Wildman–Crippen LogP) is 4.44. The molecule has 0 atom stereocenters. The lowest BCUT2D eigenvalue weighted by Gasteiger charge is -2.00. The van der Waals surface area contributed by atoms with Crippen LogP contribution in [0, 0.1) is 13.8 Å². The minimum atomic E-state index is 0.779. The molecule has 1 heterocycles. The molecule has 0 spiro atoms. The minimum Gasteiger partial charge on any atom is -0.362 e. The Bertz CT molecular complexity index is 459. The van der Waals surface area contributed by atoms with Gasteiger partial charge in [0.2, 0.25) is 0 Å². The Morgan fingerprint density at radius 2 is 1.80 bits per heavy atom. The maximum absolute atomic E-state index is 5.83. The molecule has 0 amide bonds. The van der Waals surface area contributed by atoms with E-state index in [4.69, 9.17) is 11.6 Å². The maximum Gasteiger partial charge on any atom is 0.0406 e. The molecule has 15 heavy (non-hydrogen) atoms. The number of aryl methyl sites for hydroxylation is 2. The summed E-state index contributed by atoms with van der Waals surface area (Å²) in [5, 5.41) is 0.779. The highest BCUT2D eigenvalue weighted by Crippen LogP contribution is 2.31. The lowest BCUT2D eigenvalue weighted by Crippen LogP contribution is -1.75. The first-order chi connectivity index (χ1) is 7.15. The van der Waals surface area contributed by atoms with Crippen molar-refractivity contribution in [3.63, 3.8) is 0 Å². The van der Waals surface area contributed by atoms with Crippen molar-refractivity contribution in [3.8, 4) is 0 Å². The number of benzene rings is 1. The van der Waals surface area contributed by atoms with Crippen molar-refractivity contribution in [2.45, 2.75) is 23.6 Å². The molecule has 0 aliphatic heterocycles. The van der Waals surface area contributed by atoms with Crippen LogP contribution in [0.2, 0.25) is 5.02 Å². The van der Waals surface area contributed by atoms with Crippen molar-refractivity contribution in [1.29, 1.82) is 0 Å². The van der Waals surface area contributed by atoms with Gasteiger partial charge in [0.25, 0.3) is 0 Å². The van der Waals surface area contributed by atoms with Crippen LogP contribution in [0.15, 0.2) is 40.1 Å². The summed E-state index contributed by atoms with van der Waals surface area (Å²) < 4.78 is 0. The zero-order valence-corrected chi connectivity index (χ0v) is 10.2. The summed E-state index contributed by atoms with van der Waals surface area (Å²) >= 11 is 7.59. The Kier molecular flexibility index (Phi) is 3.08. The Morgan fingerprint density at radius 3 is 2.33 bits per heavy atom. The Labute approximate surface area is 98.9 Å². The molecule has 1 N–H and O–H groups in total. The van der Waals surface area contributed by atoms with E-state index < -0.39 is 0 Å². The van der Waals surface area contributed by atoms with Gasteiger partial charge in [-0.05, 0) is 44.2 Å². The van der Waals surface area contributed by atoms with Crippen LogP contribution in [0.1, 0.15) is 11.4 Å². The van der Waals surface area contributed by atoms with Gasteiger partial charge in [-0.3, -0.25) is 0 Å². The van der Waals surface area contributed by atoms with Crippen LogP contribution in [0.25, 0.3) is 0 Å². The molecule has 0 fully saturated rings. The maximum atomic E-state index is 5.83. The predicted molar refractivity (Wildman–Crippen MR) is 65.8 cm³/mol. The van der Waals surface area contributed by atoms with E-state index in [-0.39, 0.29) is 0 Å². The van der Waals surface area contributed by atoms with E-state index >= 15 is 0 Å². The number of nitrogens with one attached hydrogen (secondary N) is 1. The second-order valence-corrected chi connectivity index (χ2v) is 5.05. The van der Waals surface area contributed by atoms with E-state index in [2.05, 4.69) is 24.9 Å². The van der Waals surface area contributed by atoms with Crippen molar-refractivity contribution in [1.82, 2.24) is 4.98 Å². The zero-order valence-electron chi connectivity index (χ0n) is 8.67. The lowest BCUT2D eigenvalue weighted by atomic mass is 10.4. The normalized spacial score (nSPS) is 10.6. The number of hydrogen-bond acceptors (Lipinski definition) is 1. The van der Waals surface area contributed by atoms with Gasteiger partial charge in [0.1, 0.15) is 0 Å². The van der Waals surface area contributed by atoms with Crippen LogP contribution in [0.3, 0.4) is 0 Å². The summed E-state index contributed by atoms with van der Waals surface area (Å²) in [5.41, 5.74) is 2.41. The molecule has 0 bridgehead atoms. The topological polar surface area (TPSA) is 15.8 Å². The van der Waals surface area contributed by atoms with E-state index in [0.717, 1.165) is 5.02 Å². The summed E-state index contributed by atoms with van der Waals surface area (Å²) in [5.74, 6) is 0. The summed E-state index contributed by atoms with van der Waals surface area (Å²) in [6.07, 6.45) is 0. The second-order valence-electron chi connectivity index (χ2n) is 3.50. The zero-order chi connectivity index (χ0) is 10.8. The quantitative estimate of drug-likeness (QED) is 0.817. The van der Waals surface area contributed by atoms with Crippen molar-refractivity contribution >= 4 is 23.4 Å². The summed E-state index contributed by atoms with van der Waals surface area (Å²) in [6.45, 7) is 4.16. The summed E-state index contributed by atoms with van der Waals surface area (Å²) in [4.78, 5) is 5.77. The van der Waals surface area contributed by atoms with Crippen LogP contribution in [0.4, 0.5) is 0 Å². The van der Waals surface area contributed by atoms with Crippen LogP contribution < -0.4 is 0 Å². The molecule has 0 saturated heterocycles. The van der Waals surface area contributed by atoms with Gasteiger partial charge in [0.15, 0.2) is 0 Å². The number of halogens is 1. The summed E-state index contributed by atoms with van der Waals surface area (Å²) in [7, 11) is 0. The molecular weight excluding hydrogens is 226 g/mol. The molecule has 1 aromatic carbocycles. The molecule has 78 valence electrons. The number of H-pyrrole nitrogens is 1. The number of aromatic nitrogens is 1.